The van der Waals surface area contributed by atoms with Gasteiger partial charge in [0.15, 0.2) is 5.49 Å². The molecule has 1 N–H and O–H groups in total. The summed E-state index contributed by atoms with van der Waals surface area (Å²) in [5, 5.41) is 11.3. The van der Waals surface area contributed by atoms with Crippen LogP contribution in [-0.2, 0) is 7.05 Å². The Balaban J connectivity index is 2.66. The van der Waals surface area contributed by atoms with Crippen molar-refractivity contribution in [3.05, 3.63) is 42.2 Å². The van der Waals surface area contributed by atoms with Gasteiger partial charge in [-0.25, -0.2) is 0 Å². The Morgan fingerprint density at radius 2 is 2.25 bits per heavy atom. The first kappa shape index (κ1) is 12.2. The molecule has 0 aliphatic carbocycles. The summed E-state index contributed by atoms with van der Waals surface area (Å²) in [5.74, 6) is 0. The van der Waals surface area contributed by atoms with Gasteiger partial charge >= 0.3 is 0 Å². The van der Waals surface area contributed by atoms with Crippen LogP contribution < -0.4 is 10.8 Å². The maximum absolute atomic E-state index is 4.12. The molecule has 0 amide bonds. The van der Waals surface area contributed by atoms with E-state index in [1.807, 2.05) is 62.1 Å². The maximum atomic E-state index is 4.12. The number of allylic oxidation sites excluding steroid dienone is 1. The maximum Gasteiger partial charge on any atom is 0.154 e. The van der Waals surface area contributed by atoms with Gasteiger partial charge in [-0.1, -0.05) is 12.1 Å². The molecule has 0 saturated carbocycles. The summed E-state index contributed by atoms with van der Waals surface area (Å²) in [5.41, 5.74) is 0.831. The van der Waals surface area contributed by atoms with Gasteiger partial charge in [0.25, 0.3) is 0 Å². The van der Waals surface area contributed by atoms with Crippen molar-refractivity contribution in [1.29, 1.82) is 0 Å². The van der Waals surface area contributed by atoms with Crippen molar-refractivity contribution in [2.45, 2.75) is 19.9 Å². The molecule has 0 aliphatic heterocycles. The van der Waals surface area contributed by atoms with Gasteiger partial charge in [-0.3, -0.25) is 0 Å². The minimum Gasteiger partial charge on any atom is -0.384 e. The second-order valence-corrected chi connectivity index (χ2v) is 3.49. The summed E-state index contributed by atoms with van der Waals surface area (Å²) in [6, 6.07) is 5.99. The lowest BCUT2D eigenvalue weighted by Gasteiger charge is -2.02. The van der Waals surface area contributed by atoms with E-state index >= 15 is 0 Å². The number of pyridine rings is 1. The molecule has 0 aromatic carbocycles. The van der Waals surface area contributed by atoms with Crippen molar-refractivity contribution in [3.8, 4) is 0 Å². The van der Waals surface area contributed by atoms with E-state index in [1.54, 1.807) is 6.21 Å². The summed E-state index contributed by atoms with van der Waals surface area (Å²) in [6.07, 6.45) is 7.54. The van der Waals surface area contributed by atoms with Gasteiger partial charge < -0.3 is 9.88 Å². The SMILES string of the molecule is C/C=C\NC(C)/C=N/N=c1/ccccn1C. The highest BCUT2D eigenvalue weighted by atomic mass is 15.2. The Hall–Kier alpha value is -1.84. The molecule has 1 unspecified atom stereocenters. The van der Waals surface area contributed by atoms with Crippen LogP contribution in [-0.4, -0.2) is 16.8 Å². The average molecular weight is 218 g/mol. The van der Waals surface area contributed by atoms with Gasteiger partial charge in [0.1, 0.15) is 0 Å². The minimum absolute atomic E-state index is 0.175. The van der Waals surface area contributed by atoms with Crippen LogP contribution in [0.1, 0.15) is 13.8 Å². The molecule has 1 rings (SSSR count). The van der Waals surface area contributed by atoms with E-state index in [1.165, 1.54) is 0 Å². The van der Waals surface area contributed by atoms with Crippen LogP contribution in [0.5, 0.6) is 0 Å². The second-order valence-electron chi connectivity index (χ2n) is 3.49. The number of aryl methyl sites for hydroxylation is 1. The summed E-state index contributed by atoms with van der Waals surface area (Å²) in [4.78, 5) is 0. The molecule has 86 valence electrons. The molecule has 1 heterocycles. The molecular formula is C12H18N4. The van der Waals surface area contributed by atoms with Crippen molar-refractivity contribution in [3.63, 3.8) is 0 Å². The first-order valence-corrected chi connectivity index (χ1v) is 5.30. The van der Waals surface area contributed by atoms with Crippen LogP contribution in [0.2, 0.25) is 0 Å². The third-order valence-corrected chi connectivity index (χ3v) is 2.00. The van der Waals surface area contributed by atoms with Gasteiger partial charge in [-0.05, 0) is 32.2 Å². The fraction of sp³-hybridized carbons (Fsp3) is 0.333. The highest BCUT2D eigenvalue weighted by Gasteiger charge is 1.90. The second kappa shape index (κ2) is 6.61. The predicted octanol–water partition coefficient (Wildman–Crippen LogP) is 1.42. The summed E-state index contributed by atoms with van der Waals surface area (Å²) < 4.78 is 1.92. The number of nitrogens with zero attached hydrogens (tertiary/aromatic N) is 3. The topological polar surface area (TPSA) is 41.7 Å². The molecule has 0 aliphatic rings. The molecule has 0 saturated heterocycles. The summed E-state index contributed by atoms with van der Waals surface area (Å²) >= 11 is 0. The van der Waals surface area contributed by atoms with Crippen LogP contribution >= 0.6 is 0 Å². The molecule has 1 atom stereocenters. The Morgan fingerprint density at radius 1 is 1.44 bits per heavy atom. The van der Waals surface area contributed by atoms with Crippen LogP contribution in [0.4, 0.5) is 0 Å². The molecule has 4 nitrogen and oxygen atoms in total. The Morgan fingerprint density at radius 3 is 2.94 bits per heavy atom. The lowest BCUT2D eigenvalue weighted by molar-refractivity contribution is 0.798. The van der Waals surface area contributed by atoms with Crippen molar-refractivity contribution in [2.75, 3.05) is 0 Å². The molecule has 0 fully saturated rings. The van der Waals surface area contributed by atoms with Gasteiger partial charge in [0, 0.05) is 19.5 Å². The van der Waals surface area contributed by atoms with E-state index in [-0.39, 0.29) is 6.04 Å². The van der Waals surface area contributed by atoms with E-state index < -0.39 is 0 Å². The van der Waals surface area contributed by atoms with E-state index in [4.69, 9.17) is 0 Å². The molecule has 1 aromatic heterocycles. The molecule has 0 radical (unpaired) electrons. The number of rotatable bonds is 4. The third-order valence-electron chi connectivity index (χ3n) is 2.00. The van der Waals surface area contributed by atoms with Gasteiger partial charge in [-0.2, -0.15) is 5.10 Å². The molecule has 16 heavy (non-hydrogen) atoms. The smallest absolute Gasteiger partial charge is 0.154 e. The standard InChI is InChI=1S/C12H18N4/c1-4-8-13-11(2)10-14-15-12-7-5-6-9-16(12)3/h4-11,13H,1-3H3/b8-4-,14-10+,15-12-. The predicted molar refractivity (Wildman–Crippen MR) is 66.9 cm³/mol. The zero-order chi connectivity index (χ0) is 11.8. The van der Waals surface area contributed by atoms with Crippen molar-refractivity contribution < 1.29 is 0 Å². The average Bonchev–Trinajstić information content (AvgIpc) is 2.29. The van der Waals surface area contributed by atoms with E-state index in [2.05, 4.69) is 15.5 Å². The Labute approximate surface area is 96.0 Å². The van der Waals surface area contributed by atoms with Gasteiger partial charge in [0.2, 0.25) is 0 Å². The Kier molecular flexibility index (Phi) is 5.05. The lowest BCUT2D eigenvalue weighted by Crippen LogP contribution is -2.21. The lowest BCUT2D eigenvalue weighted by atomic mass is 10.4. The number of aromatic nitrogens is 1. The zero-order valence-corrected chi connectivity index (χ0v) is 9.96. The van der Waals surface area contributed by atoms with Crippen LogP contribution in [0, 0.1) is 0 Å². The summed E-state index contributed by atoms with van der Waals surface area (Å²) in [7, 11) is 1.94. The fourth-order valence-electron chi connectivity index (χ4n) is 1.10. The van der Waals surface area contributed by atoms with Crippen LogP contribution in [0.15, 0.2) is 46.9 Å². The highest BCUT2D eigenvalue weighted by molar-refractivity contribution is 5.63. The fourth-order valence-corrected chi connectivity index (χ4v) is 1.10. The summed E-state index contributed by atoms with van der Waals surface area (Å²) in [6.45, 7) is 3.98. The van der Waals surface area contributed by atoms with E-state index in [9.17, 15) is 0 Å². The number of hydrogen-bond acceptors (Lipinski definition) is 3. The molecule has 4 heteroatoms. The van der Waals surface area contributed by atoms with E-state index in [0.29, 0.717) is 0 Å². The molecular weight excluding hydrogens is 200 g/mol. The van der Waals surface area contributed by atoms with Crippen LogP contribution in [0.25, 0.3) is 0 Å². The first-order valence-electron chi connectivity index (χ1n) is 5.30. The van der Waals surface area contributed by atoms with Crippen molar-refractivity contribution in [2.24, 2.45) is 17.3 Å². The third kappa shape index (κ3) is 4.13. The quantitative estimate of drug-likeness (QED) is 0.603. The van der Waals surface area contributed by atoms with Crippen molar-refractivity contribution >= 4 is 6.21 Å². The largest absolute Gasteiger partial charge is 0.384 e. The first-order chi connectivity index (χ1) is 7.74. The van der Waals surface area contributed by atoms with Gasteiger partial charge in [-0.15, -0.1) is 5.10 Å². The minimum atomic E-state index is 0.175. The molecule has 0 bridgehead atoms. The van der Waals surface area contributed by atoms with Crippen molar-refractivity contribution in [1.82, 2.24) is 9.88 Å². The van der Waals surface area contributed by atoms with Gasteiger partial charge in [0.05, 0.1) is 6.04 Å². The normalized spacial score (nSPS) is 14.8. The van der Waals surface area contributed by atoms with E-state index in [0.717, 1.165) is 5.49 Å². The number of nitrogens with one attached hydrogen (secondary N) is 1. The zero-order valence-electron chi connectivity index (χ0n) is 9.96. The Bertz CT molecular complexity index is 429. The molecule has 1 aromatic rings. The van der Waals surface area contributed by atoms with Crippen LogP contribution in [0.3, 0.4) is 0 Å². The number of hydrogen-bond donors (Lipinski definition) is 1. The monoisotopic (exact) mass is 218 g/mol. The highest BCUT2D eigenvalue weighted by Crippen LogP contribution is 1.80. The molecule has 0 spiro atoms.